The minimum absolute atomic E-state index is 0.318. The lowest BCUT2D eigenvalue weighted by atomic mass is 10.0. The molecule has 0 radical (unpaired) electrons. The van der Waals surface area contributed by atoms with Gasteiger partial charge in [-0.15, -0.1) is 0 Å². The van der Waals surface area contributed by atoms with Gasteiger partial charge in [0, 0.05) is 30.9 Å². The molecule has 1 saturated heterocycles. The van der Waals surface area contributed by atoms with Gasteiger partial charge in [0.2, 0.25) is 0 Å². The van der Waals surface area contributed by atoms with Crippen LogP contribution in [0.1, 0.15) is 46.5 Å². The zero-order chi connectivity index (χ0) is 14.3. The van der Waals surface area contributed by atoms with E-state index >= 15 is 0 Å². The van der Waals surface area contributed by atoms with Crippen LogP contribution >= 0.6 is 0 Å². The van der Waals surface area contributed by atoms with E-state index in [4.69, 9.17) is 0 Å². The summed E-state index contributed by atoms with van der Waals surface area (Å²) in [6, 6.07) is 1.00. The first-order valence-corrected chi connectivity index (χ1v) is 9.44. The summed E-state index contributed by atoms with van der Waals surface area (Å²) in [5.41, 5.74) is 0. The Balaban J connectivity index is 2.44. The Hall–Kier alpha value is -0.130. The van der Waals surface area contributed by atoms with Gasteiger partial charge >= 0.3 is 0 Å². The Morgan fingerprint density at radius 3 is 2.63 bits per heavy atom. The van der Waals surface area contributed by atoms with E-state index in [0.29, 0.717) is 30.1 Å². The van der Waals surface area contributed by atoms with Gasteiger partial charge in [-0.25, -0.2) is 8.42 Å². The summed E-state index contributed by atoms with van der Waals surface area (Å²) in [5, 5.41) is 3.48. The average molecular weight is 290 g/mol. The van der Waals surface area contributed by atoms with Crippen molar-refractivity contribution in [2.45, 2.75) is 58.5 Å². The lowest BCUT2D eigenvalue weighted by molar-refractivity contribution is 0.152. The Morgan fingerprint density at radius 1 is 1.26 bits per heavy atom. The highest BCUT2D eigenvalue weighted by atomic mass is 32.2. The molecule has 1 rings (SSSR count). The third-order valence-corrected chi connectivity index (χ3v) is 5.55. The van der Waals surface area contributed by atoms with Crippen molar-refractivity contribution in [3.8, 4) is 0 Å². The van der Waals surface area contributed by atoms with Crippen LogP contribution in [0.4, 0.5) is 0 Å². The second-order valence-electron chi connectivity index (χ2n) is 5.90. The minimum atomic E-state index is -2.85. The first kappa shape index (κ1) is 16.9. The second kappa shape index (κ2) is 8.22. The van der Waals surface area contributed by atoms with Crippen molar-refractivity contribution in [2.75, 3.05) is 31.1 Å². The van der Waals surface area contributed by atoms with Gasteiger partial charge in [-0.05, 0) is 25.8 Å². The third kappa shape index (κ3) is 6.72. The van der Waals surface area contributed by atoms with E-state index < -0.39 is 9.84 Å². The highest BCUT2D eigenvalue weighted by molar-refractivity contribution is 7.91. The molecule has 0 bridgehead atoms. The smallest absolute Gasteiger partial charge is 0.151 e. The maximum atomic E-state index is 11.8. The van der Waals surface area contributed by atoms with Crippen molar-refractivity contribution >= 4 is 9.84 Å². The lowest BCUT2D eigenvalue weighted by Crippen LogP contribution is -2.48. The maximum absolute atomic E-state index is 11.8. The lowest BCUT2D eigenvalue weighted by Gasteiger charge is -2.36. The quantitative estimate of drug-likeness (QED) is 0.739. The molecule has 1 atom stereocenters. The Kier molecular flexibility index (Phi) is 7.32. The maximum Gasteiger partial charge on any atom is 0.151 e. The predicted octanol–water partition coefficient (Wildman–Crippen LogP) is 1.66. The van der Waals surface area contributed by atoms with Crippen molar-refractivity contribution in [1.29, 1.82) is 0 Å². The van der Waals surface area contributed by atoms with Crippen LogP contribution in [0, 0.1) is 0 Å². The molecule has 0 amide bonds. The number of hydrogen-bond donors (Lipinski definition) is 1. The van der Waals surface area contributed by atoms with E-state index in [1.165, 1.54) is 19.3 Å². The van der Waals surface area contributed by atoms with E-state index in [2.05, 4.69) is 24.1 Å². The Labute approximate surface area is 118 Å². The fourth-order valence-electron chi connectivity index (χ4n) is 2.63. The third-order valence-electron chi connectivity index (χ3n) is 3.72. The summed E-state index contributed by atoms with van der Waals surface area (Å²) in [4.78, 5) is 2.37. The van der Waals surface area contributed by atoms with Gasteiger partial charge in [-0.3, -0.25) is 4.90 Å². The van der Waals surface area contributed by atoms with E-state index in [-0.39, 0.29) is 0 Å². The van der Waals surface area contributed by atoms with Crippen LogP contribution in [0.2, 0.25) is 0 Å². The van der Waals surface area contributed by atoms with E-state index in [9.17, 15) is 8.42 Å². The van der Waals surface area contributed by atoms with Gasteiger partial charge < -0.3 is 5.32 Å². The number of likely N-dealkylation sites (tertiary alicyclic amines) is 1. The standard InChI is InChI=1S/C14H30N2O2S/c1-4-10-19(17,18)11-9-16-8-6-5-7-14(16)12-15-13(2)3/h13-15H,4-12H2,1-3H3. The van der Waals surface area contributed by atoms with Gasteiger partial charge in [0.1, 0.15) is 0 Å². The molecule has 0 aromatic rings. The summed E-state index contributed by atoms with van der Waals surface area (Å²) in [7, 11) is -2.85. The van der Waals surface area contributed by atoms with Crippen molar-refractivity contribution in [1.82, 2.24) is 10.2 Å². The van der Waals surface area contributed by atoms with Crippen LogP contribution in [0.25, 0.3) is 0 Å². The van der Waals surface area contributed by atoms with E-state index in [0.717, 1.165) is 19.5 Å². The summed E-state index contributed by atoms with van der Waals surface area (Å²) in [6.07, 6.45) is 4.38. The van der Waals surface area contributed by atoms with Gasteiger partial charge in [0.05, 0.1) is 5.75 Å². The molecular formula is C14H30N2O2S. The molecule has 1 N–H and O–H groups in total. The van der Waals surface area contributed by atoms with E-state index in [1.807, 2.05) is 6.92 Å². The number of nitrogens with one attached hydrogen (secondary N) is 1. The molecular weight excluding hydrogens is 260 g/mol. The number of nitrogens with zero attached hydrogens (tertiary/aromatic N) is 1. The van der Waals surface area contributed by atoms with Crippen LogP contribution < -0.4 is 5.32 Å². The van der Waals surface area contributed by atoms with Crippen molar-refractivity contribution in [3.05, 3.63) is 0 Å². The molecule has 0 aromatic heterocycles. The summed E-state index contributed by atoms with van der Waals surface area (Å²) < 4.78 is 23.6. The fourth-order valence-corrected chi connectivity index (χ4v) is 3.97. The van der Waals surface area contributed by atoms with Crippen LogP contribution in [-0.2, 0) is 9.84 Å². The zero-order valence-corrected chi connectivity index (χ0v) is 13.5. The topological polar surface area (TPSA) is 49.4 Å². The molecule has 0 saturated carbocycles. The number of rotatable bonds is 8. The molecule has 0 aliphatic carbocycles. The second-order valence-corrected chi connectivity index (χ2v) is 8.20. The fraction of sp³-hybridized carbons (Fsp3) is 1.00. The monoisotopic (exact) mass is 290 g/mol. The van der Waals surface area contributed by atoms with Gasteiger partial charge in [0.25, 0.3) is 0 Å². The van der Waals surface area contributed by atoms with Crippen molar-refractivity contribution in [2.24, 2.45) is 0 Å². The molecule has 0 spiro atoms. The zero-order valence-electron chi connectivity index (χ0n) is 12.7. The highest BCUT2D eigenvalue weighted by Gasteiger charge is 2.23. The summed E-state index contributed by atoms with van der Waals surface area (Å²) >= 11 is 0. The molecule has 1 aliphatic heterocycles. The molecule has 0 aromatic carbocycles. The van der Waals surface area contributed by atoms with E-state index in [1.54, 1.807) is 0 Å². The molecule has 5 heteroatoms. The minimum Gasteiger partial charge on any atom is -0.313 e. The van der Waals surface area contributed by atoms with Crippen molar-refractivity contribution in [3.63, 3.8) is 0 Å². The summed E-state index contributed by atoms with van der Waals surface area (Å²) in [5.74, 6) is 0.648. The average Bonchev–Trinajstić information content (AvgIpc) is 2.35. The summed E-state index contributed by atoms with van der Waals surface area (Å²) in [6.45, 7) is 8.95. The molecule has 114 valence electrons. The molecule has 1 aliphatic rings. The number of sulfone groups is 1. The van der Waals surface area contributed by atoms with Crippen LogP contribution in [0.15, 0.2) is 0 Å². The van der Waals surface area contributed by atoms with Crippen LogP contribution in [0.3, 0.4) is 0 Å². The van der Waals surface area contributed by atoms with Crippen LogP contribution in [-0.4, -0.2) is 56.5 Å². The highest BCUT2D eigenvalue weighted by Crippen LogP contribution is 2.16. The SMILES string of the molecule is CCCS(=O)(=O)CCN1CCCCC1CNC(C)C. The molecule has 1 fully saturated rings. The van der Waals surface area contributed by atoms with Crippen molar-refractivity contribution < 1.29 is 8.42 Å². The Bertz CT molecular complexity index is 341. The Morgan fingerprint density at radius 2 is 2.00 bits per heavy atom. The molecule has 19 heavy (non-hydrogen) atoms. The normalized spacial score (nSPS) is 22.0. The van der Waals surface area contributed by atoms with Gasteiger partial charge in [0.15, 0.2) is 9.84 Å². The molecule has 4 nitrogen and oxygen atoms in total. The largest absolute Gasteiger partial charge is 0.313 e. The van der Waals surface area contributed by atoms with Gasteiger partial charge in [-0.1, -0.05) is 27.2 Å². The first-order valence-electron chi connectivity index (χ1n) is 7.62. The van der Waals surface area contributed by atoms with Gasteiger partial charge in [-0.2, -0.15) is 0 Å². The van der Waals surface area contributed by atoms with Crippen LogP contribution in [0.5, 0.6) is 0 Å². The number of piperidine rings is 1. The first-order chi connectivity index (χ1) is 8.94. The molecule has 1 heterocycles. The molecule has 1 unspecified atom stereocenters. The number of hydrogen-bond acceptors (Lipinski definition) is 4. The predicted molar refractivity (Wildman–Crippen MR) is 81.3 cm³/mol.